The van der Waals surface area contributed by atoms with E-state index in [4.69, 9.17) is 15.0 Å². The molecule has 0 aliphatic rings. The lowest BCUT2D eigenvalue weighted by atomic mass is 9.89. The van der Waals surface area contributed by atoms with Gasteiger partial charge in [-0.25, -0.2) is 15.0 Å². The van der Waals surface area contributed by atoms with Gasteiger partial charge in [-0.2, -0.15) is 5.26 Å². The van der Waals surface area contributed by atoms with Gasteiger partial charge in [-0.3, -0.25) is 0 Å². The lowest BCUT2D eigenvalue weighted by molar-refractivity contribution is 1.07. The fraction of sp³-hybridized carbons (Fsp3) is 0. The average molecular weight is 687 g/mol. The number of hydrogen-bond donors (Lipinski definition) is 0. The number of hydrogen-bond acceptors (Lipinski definition) is 4. The predicted molar refractivity (Wildman–Crippen MR) is 222 cm³/mol. The van der Waals surface area contributed by atoms with E-state index in [0.29, 0.717) is 23.0 Å². The monoisotopic (exact) mass is 686 g/mol. The number of aromatic nitrogens is 3. The maximum Gasteiger partial charge on any atom is 0.164 e. The van der Waals surface area contributed by atoms with E-state index in [2.05, 4.69) is 121 Å². The second kappa shape index (κ2) is 12.9. The molecular formula is C50H30N4. The van der Waals surface area contributed by atoms with Gasteiger partial charge in [-0.05, 0) is 102 Å². The van der Waals surface area contributed by atoms with Crippen molar-refractivity contribution < 1.29 is 0 Å². The van der Waals surface area contributed by atoms with Crippen molar-refractivity contribution in [1.82, 2.24) is 15.0 Å². The first-order chi connectivity index (χ1) is 26.7. The lowest BCUT2D eigenvalue weighted by Gasteiger charge is -2.15. The molecule has 9 aromatic carbocycles. The van der Waals surface area contributed by atoms with E-state index in [0.717, 1.165) is 38.6 Å². The molecule has 0 spiro atoms. The molecule has 4 heteroatoms. The molecule has 0 aliphatic heterocycles. The minimum absolute atomic E-state index is 0.597. The minimum Gasteiger partial charge on any atom is -0.208 e. The van der Waals surface area contributed by atoms with Crippen LogP contribution in [0.15, 0.2) is 182 Å². The molecule has 0 atom stereocenters. The first-order valence-corrected chi connectivity index (χ1v) is 18.0. The van der Waals surface area contributed by atoms with E-state index < -0.39 is 0 Å². The molecule has 10 rings (SSSR count). The second-order valence-electron chi connectivity index (χ2n) is 13.6. The molecule has 250 valence electrons. The summed E-state index contributed by atoms with van der Waals surface area (Å²) in [6, 6.07) is 65.4. The van der Waals surface area contributed by atoms with Gasteiger partial charge in [0.1, 0.15) is 0 Å². The fourth-order valence-corrected chi connectivity index (χ4v) is 7.60. The van der Waals surface area contributed by atoms with Gasteiger partial charge in [0.15, 0.2) is 17.5 Å². The van der Waals surface area contributed by atoms with E-state index in [-0.39, 0.29) is 0 Å². The van der Waals surface area contributed by atoms with Gasteiger partial charge in [0.2, 0.25) is 0 Å². The second-order valence-corrected chi connectivity index (χ2v) is 13.6. The molecule has 0 aliphatic carbocycles. The molecule has 0 N–H and O–H groups in total. The van der Waals surface area contributed by atoms with Gasteiger partial charge in [0.05, 0.1) is 11.6 Å². The van der Waals surface area contributed by atoms with Crippen molar-refractivity contribution in [3.05, 3.63) is 188 Å². The normalized spacial score (nSPS) is 11.3. The molecule has 0 saturated carbocycles. The van der Waals surface area contributed by atoms with Gasteiger partial charge in [0, 0.05) is 16.7 Å². The molecule has 10 aromatic rings. The Hall–Kier alpha value is -7.48. The molecule has 1 heterocycles. The Morgan fingerprint density at radius 1 is 0.315 bits per heavy atom. The third kappa shape index (κ3) is 5.53. The largest absolute Gasteiger partial charge is 0.208 e. The van der Waals surface area contributed by atoms with Crippen LogP contribution in [-0.2, 0) is 0 Å². The van der Waals surface area contributed by atoms with E-state index in [9.17, 15) is 5.26 Å². The number of nitriles is 1. The van der Waals surface area contributed by atoms with Crippen molar-refractivity contribution in [2.75, 3.05) is 0 Å². The van der Waals surface area contributed by atoms with Crippen LogP contribution in [0.3, 0.4) is 0 Å². The maximum absolute atomic E-state index is 9.28. The quantitative estimate of drug-likeness (QED) is 0.134. The third-order valence-electron chi connectivity index (χ3n) is 10.3. The zero-order valence-electron chi connectivity index (χ0n) is 29.1. The summed E-state index contributed by atoms with van der Waals surface area (Å²) in [5, 5.41) is 19.0. The van der Waals surface area contributed by atoms with Gasteiger partial charge < -0.3 is 0 Å². The average Bonchev–Trinajstić information content (AvgIpc) is 3.25. The van der Waals surface area contributed by atoms with Gasteiger partial charge >= 0.3 is 0 Å². The Morgan fingerprint density at radius 2 is 0.870 bits per heavy atom. The molecule has 54 heavy (non-hydrogen) atoms. The summed E-state index contributed by atoms with van der Waals surface area (Å²) in [5.74, 6) is 1.82. The molecule has 0 fully saturated rings. The minimum atomic E-state index is 0.597. The Bertz CT molecular complexity index is 3110. The van der Waals surface area contributed by atoms with Gasteiger partial charge in [0.25, 0.3) is 0 Å². The first kappa shape index (κ1) is 31.3. The van der Waals surface area contributed by atoms with E-state index in [1.54, 1.807) is 0 Å². The highest BCUT2D eigenvalue weighted by atomic mass is 15.0. The highest BCUT2D eigenvalue weighted by molar-refractivity contribution is 6.20. The highest BCUT2D eigenvalue weighted by Crippen LogP contribution is 2.40. The van der Waals surface area contributed by atoms with E-state index in [1.807, 2.05) is 66.7 Å². The lowest BCUT2D eigenvalue weighted by Crippen LogP contribution is -2.00. The van der Waals surface area contributed by atoms with Gasteiger partial charge in [-0.15, -0.1) is 0 Å². The first-order valence-electron chi connectivity index (χ1n) is 18.0. The smallest absolute Gasteiger partial charge is 0.164 e. The van der Waals surface area contributed by atoms with Crippen LogP contribution in [0.1, 0.15) is 5.56 Å². The van der Waals surface area contributed by atoms with Crippen LogP contribution in [0.4, 0.5) is 0 Å². The number of nitrogens with zero attached hydrogens (tertiary/aromatic N) is 4. The molecule has 0 saturated heterocycles. The van der Waals surface area contributed by atoms with Crippen LogP contribution >= 0.6 is 0 Å². The SMILES string of the molecule is N#Cc1ccc(-c2cccc(-c3nc(-c4ccccc4)nc(-c4ccc5cc(-c6c7ccccc7cc7c6ccc6ccccc67)ccc5c4)n3)c2)cc1. The highest BCUT2D eigenvalue weighted by Gasteiger charge is 2.16. The summed E-state index contributed by atoms with van der Waals surface area (Å²) in [6.07, 6.45) is 0. The van der Waals surface area contributed by atoms with Crippen LogP contribution in [-0.4, -0.2) is 15.0 Å². The molecule has 1 aromatic heterocycles. The zero-order chi connectivity index (χ0) is 36.0. The number of benzene rings is 9. The Morgan fingerprint density at radius 3 is 1.63 bits per heavy atom. The molecule has 0 radical (unpaired) electrons. The van der Waals surface area contributed by atoms with E-state index >= 15 is 0 Å². The van der Waals surface area contributed by atoms with E-state index in [1.165, 1.54) is 43.4 Å². The molecular weight excluding hydrogens is 657 g/mol. The van der Waals surface area contributed by atoms with Crippen LogP contribution in [0.25, 0.3) is 99.5 Å². The Balaban J connectivity index is 1.09. The third-order valence-corrected chi connectivity index (χ3v) is 10.3. The summed E-state index contributed by atoms with van der Waals surface area (Å²) >= 11 is 0. The van der Waals surface area contributed by atoms with Crippen molar-refractivity contribution in [2.45, 2.75) is 0 Å². The van der Waals surface area contributed by atoms with Crippen LogP contribution in [0.5, 0.6) is 0 Å². The maximum atomic E-state index is 9.28. The fourth-order valence-electron chi connectivity index (χ4n) is 7.60. The molecule has 0 amide bonds. The Kier molecular flexibility index (Phi) is 7.49. The summed E-state index contributed by atoms with van der Waals surface area (Å²) in [5.41, 5.74) is 7.83. The van der Waals surface area contributed by atoms with Crippen molar-refractivity contribution in [3.63, 3.8) is 0 Å². The van der Waals surface area contributed by atoms with Crippen LogP contribution in [0.2, 0.25) is 0 Å². The summed E-state index contributed by atoms with van der Waals surface area (Å²) in [7, 11) is 0. The van der Waals surface area contributed by atoms with Crippen LogP contribution < -0.4 is 0 Å². The van der Waals surface area contributed by atoms with Crippen molar-refractivity contribution >= 4 is 43.1 Å². The van der Waals surface area contributed by atoms with Crippen molar-refractivity contribution in [1.29, 1.82) is 5.26 Å². The topological polar surface area (TPSA) is 62.5 Å². The summed E-state index contributed by atoms with van der Waals surface area (Å²) in [6.45, 7) is 0. The molecule has 0 bridgehead atoms. The number of fused-ring (bicyclic) bond motifs is 5. The molecule has 0 unspecified atom stereocenters. The zero-order valence-corrected chi connectivity index (χ0v) is 29.1. The predicted octanol–water partition coefficient (Wildman–Crippen LogP) is 12.7. The standard InChI is InChI=1S/C50H30N4/c51-31-32-17-19-33(20-18-32)36-13-8-14-41(28-36)49-52-48(35-10-2-1-3-11-35)53-50(54-49)42-24-22-37-27-40(23-21-38(37)29-42)47-44-16-7-5-12-39(44)30-46-43-15-6-4-9-34(43)25-26-45(46)47/h1-30H. The summed E-state index contributed by atoms with van der Waals surface area (Å²) < 4.78 is 0. The Labute approximate surface area is 312 Å². The number of rotatable bonds is 5. The van der Waals surface area contributed by atoms with Gasteiger partial charge in [-0.1, -0.05) is 146 Å². The summed E-state index contributed by atoms with van der Waals surface area (Å²) in [4.78, 5) is 15.0. The van der Waals surface area contributed by atoms with Crippen molar-refractivity contribution in [3.8, 4) is 62.5 Å². The van der Waals surface area contributed by atoms with Crippen LogP contribution in [0, 0.1) is 11.3 Å². The van der Waals surface area contributed by atoms with Crippen molar-refractivity contribution in [2.24, 2.45) is 0 Å². The molecule has 4 nitrogen and oxygen atoms in total.